The molecule has 0 aliphatic heterocycles. The van der Waals surface area contributed by atoms with Crippen molar-refractivity contribution in [2.45, 2.75) is 0 Å². The number of carbonyl (C=O) groups excluding carboxylic acids is 1. The average molecular weight is 341 g/mol. The Morgan fingerprint density at radius 2 is 1.88 bits per heavy atom. The first-order valence-electron chi connectivity index (χ1n) is 7.23. The maximum Gasteiger partial charge on any atom is 0.267 e. The summed E-state index contributed by atoms with van der Waals surface area (Å²) in [6.07, 6.45) is 1.26. The summed E-state index contributed by atoms with van der Waals surface area (Å²) in [4.78, 5) is 12.1. The monoisotopic (exact) mass is 341 g/mol. The first-order chi connectivity index (χ1) is 12.1. The molecule has 0 heterocycles. The minimum atomic E-state index is -0.622. The predicted octanol–water partition coefficient (Wildman–Crippen LogP) is 3.30. The van der Waals surface area contributed by atoms with E-state index in [0.717, 1.165) is 0 Å². The van der Waals surface area contributed by atoms with Crippen LogP contribution in [0.2, 0.25) is 0 Å². The van der Waals surface area contributed by atoms with E-state index in [9.17, 15) is 14.4 Å². The highest BCUT2D eigenvalue weighted by Gasteiger charge is 2.10. The van der Waals surface area contributed by atoms with Crippen LogP contribution in [0.4, 0.5) is 15.8 Å². The van der Waals surface area contributed by atoms with E-state index in [2.05, 4.69) is 10.6 Å². The summed E-state index contributed by atoms with van der Waals surface area (Å²) in [5.41, 5.74) is 0.755. The molecule has 2 rings (SSSR count). The molecule has 0 radical (unpaired) electrons. The number of rotatable bonds is 6. The van der Waals surface area contributed by atoms with Gasteiger partial charge in [0.1, 0.15) is 29.0 Å². The van der Waals surface area contributed by atoms with E-state index in [0.29, 0.717) is 22.9 Å². The molecule has 2 N–H and O–H groups in total. The fourth-order valence-electron chi connectivity index (χ4n) is 1.96. The summed E-state index contributed by atoms with van der Waals surface area (Å²) in [7, 11) is 3.03. The van der Waals surface area contributed by atoms with Gasteiger partial charge < -0.3 is 20.1 Å². The molecule has 0 atom stereocenters. The third kappa shape index (κ3) is 4.72. The van der Waals surface area contributed by atoms with E-state index in [4.69, 9.17) is 9.47 Å². The molecule has 0 aliphatic carbocycles. The van der Waals surface area contributed by atoms with Crippen molar-refractivity contribution >= 4 is 17.3 Å². The smallest absolute Gasteiger partial charge is 0.267 e. The van der Waals surface area contributed by atoms with Crippen LogP contribution >= 0.6 is 0 Å². The van der Waals surface area contributed by atoms with E-state index in [1.807, 2.05) is 6.07 Å². The number of nitrogens with zero attached hydrogens (tertiary/aromatic N) is 1. The zero-order chi connectivity index (χ0) is 18.2. The molecule has 1 amide bonds. The molecule has 6 nitrogen and oxygen atoms in total. The number of hydrogen-bond donors (Lipinski definition) is 2. The van der Waals surface area contributed by atoms with Crippen LogP contribution in [0.5, 0.6) is 11.5 Å². The van der Waals surface area contributed by atoms with Gasteiger partial charge in [-0.2, -0.15) is 5.26 Å². The lowest BCUT2D eigenvalue weighted by atomic mass is 10.2. The average Bonchev–Trinajstić information content (AvgIpc) is 2.64. The number of amides is 1. The minimum Gasteiger partial charge on any atom is -0.497 e. The second-order valence-corrected chi connectivity index (χ2v) is 4.84. The molecule has 128 valence electrons. The van der Waals surface area contributed by atoms with Gasteiger partial charge in [0.25, 0.3) is 5.91 Å². The molecular formula is C18H16FN3O3. The lowest BCUT2D eigenvalue weighted by Crippen LogP contribution is -2.14. The SMILES string of the molecule is COc1ccc(OC)c(N/C=C(/C#N)C(=O)Nc2ccc(F)cc2)c1. The first-order valence-corrected chi connectivity index (χ1v) is 7.23. The standard InChI is InChI=1S/C18H16FN3O3/c1-24-15-7-8-17(25-2)16(9-15)21-11-12(10-20)18(23)22-14-5-3-13(19)4-6-14/h3-9,11,21H,1-2H3,(H,22,23)/b12-11-. The topological polar surface area (TPSA) is 83.4 Å². The van der Waals surface area contributed by atoms with E-state index in [1.54, 1.807) is 18.2 Å². The van der Waals surface area contributed by atoms with Crippen LogP contribution in [0.1, 0.15) is 0 Å². The lowest BCUT2D eigenvalue weighted by Gasteiger charge is -2.10. The zero-order valence-corrected chi connectivity index (χ0v) is 13.7. The van der Waals surface area contributed by atoms with Crippen molar-refractivity contribution in [2.24, 2.45) is 0 Å². The van der Waals surface area contributed by atoms with Crippen LogP contribution in [-0.2, 0) is 4.79 Å². The van der Waals surface area contributed by atoms with Crippen molar-refractivity contribution in [2.75, 3.05) is 24.9 Å². The number of carbonyl (C=O) groups is 1. The summed E-state index contributed by atoms with van der Waals surface area (Å²) in [5, 5.41) is 14.6. The fraction of sp³-hybridized carbons (Fsp3) is 0.111. The Morgan fingerprint density at radius 1 is 1.16 bits per heavy atom. The Balaban J connectivity index is 2.16. The maximum atomic E-state index is 12.9. The third-order valence-corrected chi connectivity index (χ3v) is 3.25. The van der Waals surface area contributed by atoms with Gasteiger partial charge in [-0.05, 0) is 36.4 Å². The van der Waals surface area contributed by atoms with Gasteiger partial charge in [-0.25, -0.2) is 4.39 Å². The van der Waals surface area contributed by atoms with Crippen LogP contribution in [0.25, 0.3) is 0 Å². The van der Waals surface area contributed by atoms with Gasteiger partial charge in [-0.1, -0.05) is 0 Å². The Hall–Kier alpha value is -3.53. The highest BCUT2D eigenvalue weighted by Crippen LogP contribution is 2.29. The Bertz CT molecular complexity index is 826. The Kier molecular flexibility index (Phi) is 5.96. The molecule has 0 fully saturated rings. The van der Waals surface area contributed by atoms with E-state index < -0.39 is 11.7 Å². The number of methoxy groups -OCH3 is 2. The summed E-state index contributed by atoms with van der Waals surface area (Å²) >= 11 is 0. The molecule has 0 aliphatic rings. The second-order valence-electron chi connectivity index (χ2n) is 4.84. The summed E-state index contributed by atoms with van der Waals surface area (Å²) in [5.74, 6) is 0.0727. The van der Waals surface area contributed by atoms with Crippen molar-refractivity contribution in [3.63, 3.8) is 0 Å². The van der Waals surface area contributed by atoms with Gasteiger partial charge in [0.2, 0.25) is 0 Å². The highest BCUT2D eigenvalue weighted by atomic mass is 19.1. The summed E-state index contributed by atoms with van der Waals surface area (Å²) < 4.78 is 23.2. The molecule has 0 unspecified atom stereocenters. The molecule has 0 spiro atoms. The van der Waals surface area contributed by atoms with Crippen LogP contribution in [-0.4, -0.2) is 20.1 Å². The molecule has 0 saturated carbocycles. The maximum absolute atomic E-state index is 12.9. The molecular weight excluding hydrogens is 325 g/mol. The lowest BCUT2D eigenvalue weighted by molar-refractivity contribution is -0.112. The Labute approximate surface area is 144 Å². The van der Waals surface area contributed by atoms with Crippen LogP contribution in [0.3, 0.4) is 0 Å². The van der Waals surface area contributed by atoms with Gasteiger partial charge in [-0.15, -0.1) is 0 Å². The molecule has 25 heavy (non-hydrogen) atoms. The van der Waals surface area contributed by atoms with Crippen LogP contribution in [0, 0.1) is 17.1 Å². The molecule has 7 heteroatoms. The number of nitrogens with one attached hydrogen (secondary N) is 2. The number of benzene rings is 2. The summed E-state index contributed by atoms with van der Waals surface area (Å²) in [6, 6.07) is 12.1. The van der Waals surface area contributed by atoms with Gasteiger partial charge in [-0.3, -0.25) is 4.79 Å². The van der Waals surface area contributed by atoms with Gasteiger partial charge >= 0.3 is 0 Å². The van der Waals surface area contributed by atoms with Gasteiger partial charge in [0, 0.05) is 18.0 Å². The Morgan fingerprint density at radius 3 is 2.48 bits per heavy atom. The highest BCUT2D eigenvalue weighted by molar-refractivity contribution is 6.06. The van der Waals surface area contributed by atoms with Crippen molar-refractivity contribution in [3.05, 3.63) is 60.1 Å². The third-order valence-electron chi connectivity index (χ3n) is 3.25. The molecule has 2 aromatic carbocycles. The van der Waals surface area contributed by atoms with Crippen molar-refractivity contribution in [1.82, 2.24) is 0 Å². The summed E-state index contributed by atoms with van der Waals surface area (Å²) in [6.45, 7) is 0. The minimum absolute atomic E-state index is 0.158. The number of hydrogen-bond acceptors (Lipinski definition) is 5. The van der Waals surface area contributed by atoms with Crippen molar-refractivity contribution in [3.8, 4) is 17.6 Å². The zero-order valence-electron chi connectivity index (χ0n) is 13.7. The second kappa shape index (κ2) is 8.36. The molecule has 2 aromatic rings. The quantitative estimate of drug-likeness (QED) is 0.622. The van der Waals surface area contributed by atoms with Crippen LogP contribution in [0.15, 0.2) is 54.2 Å². The van der Waals surface area contributed by atoms with Crippen molar-refractivity contribution < 1.29 is 18.7 Å². The molecule has 0 aromatic heterocycles. The number of ether oxygens (including phenoxy) is 2. The van der Waals surface area contributed by atoms with Crippen molar-refractivity contribution in [1.29, 1.82) is 5.26 Å². The fourth-order valence-corrected chi connectivity index (χ4v) is 1.96. The largest absolute Gasteiger partial charge is 0.497 e. The number of anilines is 2. The van der Waals surface area contributed by atoms with Crippen LogP contribution < -0.4 is 20.1 Å². The van der Waals surface area contributed by atoms with E-state index in [-0.39, 0.29) is 5.57 Å². The molecule has 0 bridgehead atoms. The number of nitriles is 1. The van der Waals surface area contributed by atoms with Gasteiger partial charge in [0.05, 0.1) is 19.9 Å². The van der Waals surface area contributed by atoms with E-state index in [1.165, 1.54) is 44.7 Å². The number of halogens is 1. The van der Waals surface area contributed by atoms with Gasteiger partial charge in [0.15, 0.2) is 0 Å². The molecule has 0 saturated heterocycles. The first kappa shape index (κ1) is 17.8. The normalized spacial score (nSPS) is 10.6. The van der Waals surface area contributed by atoms with E-state index >= 15 is 0 Å². The predicted molar refractivity (Wildman–Crippen MR) is 91.9 cm³/mol.